The van der Waals surface area contributed by atoms with Gasteiger partial charge < -0.3 is 9.80 Å². The number of carbonyl (C=O) groups is 1. The van der Waals surface area contributed by atoms with Crippen LogP contribution < -0.4 is 4.90 Å². The van der Waals surface area contributed by atoms with Crippen LogP contribution in [0.25, 0.3) is 0 Å². The number of hydrogen-bond donors (Lipinski definition) is 0. The first-order chi connectivity index (χ1) is 9.72. The van der Waals surface area contributed by atoms with Gasteiger partial charge in [0.2, 0.25) is 11.0 Å². The van der Waals surface area contributed by atoms with Crippen LogP contribution in [0, 0.1) is 6.92 Å². The Bertz CT molecular complexity index is 574. The Morgan fingerprint density at radius 2 is 2.15 bits per heavy atom. The Hall–Kier alpha value is -2.10. The van der Waals surface area contributed by atoms with Crippen LogP contribution in [0.1, 0.15) is 5.82 Å². The lowest BCUT2D eigenvalue weighted by molar-refractivity contribution is -0.132. The molecule has 3 heterocycles. The van der Waals surface area contributed by atoms with Gasteiger partial charge >= 0.3 is 0 Å². The molecule has 9 nitrogen and oxygen atoms in total. The summed E-state index contributed by atoms with van der Waals surface area (Å²) in [7, 11) is 0. The van der Waals surface area contributed by atoms with E-state index in [4.69, 9.17) is 0 Å². The van der Waals surface area contributed by atoms with Crippen molar-refractivity contribution in [1.29, 1.82) is 0 Å². The van der Waals surface area contributed by atoms with Crippen LogP contribution >= 0.6 is 11.5 Å². The van der Waals surface area contributed by atoms with Gasteiger partial charge in [0.05, 0.1) is 0 Å². The summed E-state index contributed by atoms with van der Waals surface area (Å²) in [5.41, 5.74) is 0. The first-order valence-corrected chi connectivity index (χ1v) is 7.03. The Balaban J connectivity index is 1.54. The second-order valence-corrected chi connectivity index (χ2v) is 5.23. The molecule has 10 heteroatoms. The smallest absolute Gasteiger partial charge is 0.244 e. The van der Waals surface area contributed by atoms with E-state index in [2.05, 4.69) is 29.8 Å². The summed E-state index contributed by atoms with van der Waals surface area (Å²) >= 11 is 1.40. The third-order valence-corrected chi connectivity index (χ3v) is 3.98. The lowest BCUT2D eigenvalue weighted by atomic mass is 10.3. The standard InChI is InChI=1S/C10H14N8OS/c1-8-12-10(20-13-8)17-4-2-16(3-5-17)9(19)6-18-7-11-14-15-18/h7H,2-6H2,1H3. The Morgan fingerprint density at radius 3 is 2.75 bits per heavy atom. The zero-order valence-electron chi connectivity index (χ0n) is 11.0. The minimum atomic E-state index is 0.0328. The minimum Gasteiger partial charge on any atom is -0.343 e. The van der Waals surface area contributed by atoms with Gasteiger partial charge in [-0.05, 0) is 17.4 Å². The van der Waals surface area contributed by atoms with Gasteiger partial charge in [-0.1, -0.05) is 0 Å². The summed E-state index contributed by atoms with van der Waals surface area (Å²) in [4.78, 5) is 20.4. The zero-order chi connectivity index (χ0) is 13.9. The number of tetrazole rings is 1. The van der Waals surface area contributed by atoms with Crippen molar-refractivity contribution in [3.8, 4) is 0 Å². The Kier molecular flexibility index (Phi) is 3.54. The number of piperazine rings is 1. The van der Waals surface area contributed by atoms with E-state index in [0.29, 0.717) is 13.1 Å². The van der Waals surface area contributed by atoms with Crippen LogP contribution in [0.15, 0.2) is 6.33 Å². The van der Waals surface area contributed by atoms with E-state index in [1.807, 2.05) is 11.8 Å². The van der Waals surface area contributed by atoms with Gasteiger partial charge in [0.15, 0.2) is 0 Å². The number of amides is 1. The molecule has 0 spiro atoms. The van der Waals surface area contributed by atoms with E-state index in [0.717, 1.165) is 24.0 Å². The third kappa shape index (κ3) is 2.74. The van der Waals surface area contributed by atoms with Crippen molar-refractivity contribution in [3.63, 3.8) is 0 Å². The molecule has 2 aromatic heterocycles. The van der Waals surface area contributed by atoms with Crippen LogP contribution in [0.2, 0.25) is 0 Å². The number of hydrogen-bond acceptors (Lipinski definition) is 8. The van der Waals surface area contributed by atoms with Crippen molar-refractivity contribution < 1.29 is 4.79 Å². The van der Waals surface area contributed by atoms with Gasteiger partial charge in [-0.3, -0.25) is 4.79 Å². The predicted molar refractivity (Wildman–Crippen MR) is 71.3 cm³/mol. The van der Waals surface area contributed by atoms with Crippen molar-refractivity contribution in [3.05, 3.63) is 12.2 Å². The normalized spacial score (nSPS) is 15.7. The van der Waals surface area contributed by atoms with Crippen LogP contribution in [-0.4, -0.2) is 66.6 Å². The van der Waals surface area contributed by atoms with E-state index >= 15 is 0 Å². The SMILES string of the molecule is Cc1nsc(N2CCN(C(=O)Cn3cnnn3)CC2)n1. The van der Waals surface area contributed by atoms with Crippen molar-refractivity contribution in [2.45, 2.75) is 13.5 Å². The zero-order valence-corrected chi connectivity index (χ0v) is 11.8. The molecule has 0 saturated carbocycles. The first kappa shape index (κ1) is 12.9. The maximum absolute atomic E-state index is 12.1. The fourth-order valence-electron chi connectivity index (χ4n) is 2.05. The topological polar surface area (TPSA) is 92.9 Å². The molecular weight excluding hydrogens is 280 g/mol. The van der Waals surface area contributed by atoms with Crippen molar-refractivity contribution in [2.24, 2.45) is 0 Å². The molecule has 0 aromatic carbocycles. The summed E-state index contributed by atoms with van der Waals surface area (Å²) in [6, 6.07) is 0. The second kappa shape index (κ2) is 5.49. The monoisotopic (exact) mass is 294 g/mol. The number of rotatable bonds is 3. The number of anilines is 1. The third-order valence-electron chi connectivity index (χ3n) is 3.11. The first-order valence-electron chi connectivity index (χ1n) is 6.26. The summed E-state index contributed by atoms with van der Waals surface area (Å²) in [5.74, 6) is 0.826. The van der Waals surface area contributed by atoms with Crippen LogP contribution in [0.3, 0.4) is 0 Å². The van der Waals surface area contributed by atoms with E-state index in [1.165, 1.54) is 22.5 Å². The van der Waals surface area contributed by atoms with Gasteiger partial charge in [-0.25, -0.2) is 9.67 Å². The van der Waals surface area contributed by atoms with Gasteiger partial charge in [-0.15, -0.1) is 5.10 Å². The van der Waals surface area contributed by atoms with Crippen molar-refractivity contribution in [1.82, 2.24) is 34.5 Å². The predicted octanol–water partition coefficient (Wildman–Crippen LogP) is -0.818. The molecule has 1 amide bonds. The van der Waals surface area contributed by atoms with Crippen molar-refractivity contribution in [2.75, 3.05) is 31.1 Å². The molecule has 0 atom stereocenters. The number of nitrogens with zero attached hydrogens (tertiary/aromatic N) is 8. The summed E-state index contributed by atoms with van der Waals surface area (Å²) in [5, 5.41) is 11.7. The van der Waals surface area contributed by atoms with Crippen molar-refractivity contribution >= 4 is 22.6 Å². The quantitative estimate of drug-likeness (QED) is 0.730. The fraction of sp³-hybridized carbons (Fsp3) is 0.600. The highest BCUT2D eigenvalue weighted by Gasteiger charge is 2.23. The highest BCUT2D eigenvalue weighted by Crippen LogP contribution is 2.18. The summed E-state index contributed by atoms with van der Waals surface area (Å²) in [6.45, 7) is 4.97. The van der Waals surface area contributed by atoms with Gasteiger partial charge in [-0.2, -0.15) is 4.37 Å². The average molecular weight is 294 g/mol. The van der Waals surface area contributed by atoms with E-state index < -0.39 is 0 Å². The number of carbonyl (C=O) groups excluding carboxylic acids is 1. The molecule has 1 fully saturated rings. The molecule has 106 valence electrons. The lowest BCUT2D eigenvalue weighted by Gasteiger charge is -2.34. The minimum absolute atomic E-state index is 0.0328. The molecule has 0 aliphatic carbocycles. The molecule has 0 unspecified atom stereocenters. The molecule has 20 heavy (non-hydrogen) atoms. The molecule has 2 aromatic rings. The second-order valence-electron chi connectivity index (χ2n) is 4.50. The summed E-state index contributed by atoms with van der Waals surface area (Å²) < 4.78 is 5.61. The highest BCUT2D eigenvalue weighted by molar-refractivity contribution is 7.09. The van der Waals surface area contributed by atoms with Crippen LogP contribution in [0.5, 0.6) is 0 Å². The van der Waals surface area contributed by atoms with Gasteiger partial charge in [0.25, 0.3) is 0 Å². The van der Waals surface area contributed by atoms with E-state index in [1.54, 1.807) is 0 Å². The molecule has 0 bridgehead atoms. The highest BCUT2D eigenvalue weighted by atomic mass is 32.1. The maximum atomic E-state index is 12.1. The van der Waals surface area contributed by atoms with E-state index in [-0.39, 0.29) is 12.5 Å². The molecule has 1 aliphatic rings. The molecular formula is C10H14N8OS. The van der Waals surface area contributed by atoms with Gasteiger partial charge in [0.1, 0.15) is 18.7 Å². The Labute approximate surface area is 119 Å². The van der Waals surface area contributed by atoms with Crippen LogP contribution in [0.4, 0.5) is 5.13 Å². The molecule has 1 saturated heterocycles. The van der Waals surface area contributed by atoms with Gasteiger partial charge in [0, 0.05) is 37.7 Å². The fourth-order valence-corrected chi connectivity index (χ4v) is 2.78. The number of aromatic nitrogens is 6. The largest absolute Gasteiger partial charge is 0.343 e. The van der Waals surface area contributed by atoms with Crippen LogP contribution in [-0.2, 0) is 11.3 Å². The maximum Gasteiger partial charge on any atom is 0.244 e. The molecule has 0 radical (unpaired) electrons. The lowest BCUT2D eigenvalue weighted by Crippen LogP contribution is -2.49. The average Bonchev–Trinajstić information content (AvgIpc) is 3.10. The van der Waals surface area contributed by atoms with E-state index in [9.17, 15) is 4.79 Å². The Morgan fingerprint density at radius 1 is 1.35 bits per heavy atom. The molecule has 0 N–H and O–H groups in total. The summed E-state index contributed by atoms with van der Waals surface area (Å²) in [6.07, 6.45) is 1.44. The number of aryl methyl sites for hydroxylation is 1. The molecule has 3 rings (SSSR count). The molecule has 1 aliphatic heterocycles.